The predicted octanol–water partition coefficient (Wildman–Crippen LogP) is 0.337. The van der Waals surface area contributed by atoms with Gasteiger partial charge in [0.15, 0.2) is 0 Å². The van der Waals surface area contributed by atoms with Crippen molar-refractivity contribution in [3.8, 4) is 0 Å². The Morgan fingerprint density at radius 2 is 1.76 bits per heavy atom. The first kappa shape index (κ1) is 17.4. The molecule has 0 aromatic rings. The lowest BCUT2D eigenvalue weighted by Gasteiger charge is -2.33. The van der Waals surface area contributed by atoms with Crippen LogP contribution in [0.2, 0.25) is 0 Å². The predicted molar refractivity (Wildman–Crippen MR) is 77.2 cm³/mol. The molecule has 1 rings (SSSR count). The van der Waals surface area contributed by atoms with Crippen molar-refractivity contribution in [1.29, 1.82) is 0 Å². The number of hydrogen-bond acceptors (Lipinski definition) is 4. The van der Waals surface area contributed by atoms with Crippen molar-refractivity contribution in [3.63, 3.8) is 0 Å². The first-order valence-electron chi connectivity index (χ1n) is 7.33. The molecule has 0 spiro atoms. The van der Waals surface area contributed by atoms with E-state index in [2.05, 4.69) is 10.6 Å². The molecule has 5 N–H and O–H groups in total. The molecule has 0 unspecified atom stereocenters. The molecule has 7 heteroatoms. The number of carboxylic acid groups (broad SMARTS) is 1. The summed E-state index contributed by atoms with van der Waals surface area (Å²) in [6.07, 6.45) is 3.89. The Balaban J connectivity index is 2.45. The van der Waals surface area contributed by atoms with Crippen molar-refractivity contribution >= 4 is 17.8 Å². The molecule has 2 atom stereocenters. The minimum Gasteiger partial charge on any atom is -0.481 e. The standard InChI is InChI=1S/C14H25N3O4/c1-9(16-12(20)10(15)8-11(18)19)17-13(21)14(2)6-4-3-5-7-14/h9-10H,3-8,15H2,1-2H3,(H,16,20)(H,17,21)(H,18,19)/t9-,10-/m0/s1. The second-order valence-corrected chi connectivity index (χ2v) is 6.03. The van der Waals surface area contributed by atoms with Gasteiger partial charge in [0.05, 0.1) is 18.6 Å². The van der Waals surface area contributed by atoms with E-state index in [-0.39, 0.29) is 11.3 Å². The molecule has 1 aliphatic carbocycles. The monoisotopic (exact) mass is 299 g/mol. The Morgan fingerprint density at radius 3 is 2.29 bits per heavy atom. The smallest absolute Gasteiger partial charge is 0.305 e. The lowest BCUT2D eigenvalue weighted by molar-refractivity contribution is -0.140. The number of nitrogens with one attached hydrogen (secondary N) is 2. The summed E-state index contributed by atoms with van der Waals surface area (Å²) in [5.41, 5.74) is 5.07. The zero-order chi connectivity index (χ0) is 16.0. The molecule has 120 valence electrons. The average Bonchev–Trinajstić information content (AvgIpc) is 2.38. The van der Waals surface area contributed by atoms with Crippen LogP contribution >= 0.6 is 0 Å². The van der Waals surface area contributed by atoms with Crippen LogP contribution in [-0.2, 0) is 14.4 Å². The van der Waals surface area contributed by atoms with Gasteiger partial charge in [-0.3, -0.25) is 14.4 Å². The van der Waals surface area contributed by atoms with E-state index in [1.165, 1.54) is 0 Å². The van der Waals surface area contributed by atoms with E-state index in [9.17, 15) is 14.4 Å². The minimum absolute atomic E-state index is 0.0817. The minimum atomic E-state index is -1.14. The molecule has 0 bridgehead atoms. The number of aliphatic carboxylic acids is 1. The van der Waals surface area contributed by atoms with E-state index in [1.807, 2.05) is 6.92 Å². The van der Waals surface area contributed by atoms with Crippen molar-refractivity contribution in [1.82, 2.24) is 10.6 Å². The fourth-order valence-corrected chi connectivity index (χ4v) is 2.57. The van der Waals surface area contributed by atoms with Crippen LogP contribution in [0, 0.1) is 5.41 Å². The molecule has 2 amide bonds. The first-order chi connectivity index (χ1) is 9.74. The van der Waals surface area contributed by atoms with Crippen LogP contribution in [0.5, 0.6) is 0 Å². The molecule has 1 saturated carbocycles. The van der Waals surface area contributed by atoms with Crippen LogP contribution in [0.3, 0.4) is 0 Å². The average molecular weight is 299 g/mol. The third-order valence-electron chi connectivity index (χ3n) is 3.94. The maximum Gasteiger partial charge on any atom is 0.305 e. The normalized spacial score (nSPS) is 20.1. The van der Waals surface area contributed by atoms with Gasteiger partial charge in [0, 0.05) is 5.41 Å². The number of nitrogens with two attached hydrogens (primary N) is 1. The van der Waals surface area contributed by atoms with Gasteiger partial charge in [-0.15, -0.1) is 0 Å². The number of carboxylic acids is 1. The third kappa shape index (κ3) is 5.34. The Kier molecular flexibility index (Phi) is 6.14. The summed E-state index contributed by atoms with van der Waals surface area (Å²) in [7, 11) is 0. The highest BCUT2D eigenvalue weighted by molar-refractivity contribution is 5.87. The topological polar surface area (TPSA) is 122 Å². The van der Waals surface area contributed by atoms with Crippen LogP contribution in [0.4, 0.5) is 0 Å². The SMILES string of the molecule is C[C@@H](NC(=O)[C@@H](N)CC(=O)O)NC(=O)C1(C)CCCCC1. The molecule has 1 fully saturated rings. The first-order valence-corrected chi connectivity index (χ1v) is 7.33. The van der Waals surface area contributed by atoms with Gasteiger partial charge in [-0.1, -0.05) is 26.2 Å². The molecule has 0 aromatic heterocycles. The molecule has 0 aliphatic heterocycles. The van der Waals surface area contributed by atoms with E-state index < -0.39 is 30.5 Å². The molecule has 0 aromatic carbocycles. The van der Waals surface area contributed by atoms with E-state index >= 15 is 0 Å². The van der Waals surface area contributed by atoms with Crippen LogP contribution in [-0.4, -0.2) is 35.1 Å². The lowest BCUT2D eigenvalue weighted by Crippen LogP contribution is -2.54. The summed E-state index contributed by atoms with van der Waals surface area (Å²) in [6.45, 7) is 3.57. The van der Waals surface area contributed by atoms with E-state index in [0.717, 1.165) is 32.1 Å². The van der Waals surface area contributed by atoms with Gasteiger partial charge in [0.1, 0.15) is 0 Å². The fraction of sp³-hybridized carbons (Fsp3) is 0.786. The Bertz CT molecular complexity index is 405. The Morgan fingerprint density at radius 1 is 1.19 bits per heavy atom. The van der Waals surface area contributed by atoms with Crippen LogP contribution in [0.1, 0.15) is 52.4 Å². The molecule has 0 heterocycles. The highest BCUT2D eigenvalue weighted by Crippen LogP contribution is 2.35. The van der Waals surface area contributed by atoms with Gasteiger partial charge < -0.3 is 21.5 Å². The van der Waals surface area contributed by atoms with E-state index in [1.54, 1.807) is 6.92 Å². The number of carbonyl (C=O) groups is 3. The number of rotatable bonds is 6. The second-order valence-electron chi connectivity index (χ2n) is 6.03. The summed E-state index contributed by atoms with van der Waals surface area (Å²) in [5, 5.41) is 13.9. The highest BCUT2D eigenvalue weighted by atomic mass is 16.4. The summed E-state index contributed by atoms with van der Waals surface area (Å²) >= 11 is 0. The molecule has 0 saturated heterocycles. The van der Waals surface area contributed by atoms with Crippen LogP contribution in [0.15, 0.2) is 0 Å². The number of hydrogen-bond donors (Lipinski definition) is 4. The number of amides is 2. The summed E-state index contributed by atoms with van der Waals surface area (Å²) < 4.78 is 0. The second kappa shape index (κ2) is 7.40. The molecular weight excluding hydrogens is 274 g/mol. The summed E-state index contributed by atoms with van der Waals surface area (Å²) in [6, 6.07) is -1.12. The maximum atomic E-state index is 12.3. The van der Waals surface area contributed by atoms with Crippen molar-refractivity contribution in [2.24, 2.45) is 11.1 Å². The maximum absolute atomic E-state index is 12.3. The largest absolute Gasteiger partial charge is 0.481 e. The zero-order valence-corrected chi connectivity index (χ0v) is 12.6. The van der Waals surface area contributed by atoms with Gasteiger partial charge in [0.2, 0.25) is 11.8 Å². The Labute approximate surface area is 124 Å². The van der Waals surface area contributed by atoms with Gasteiger partial charge in [-0.2, -0.15) is 0 Å². The van der Waals surface area contributed by atoms with Crippen LogP contribution < -0.4 is 16.4 Å². The molecular formula is C14H25N3O4. The zero-order valence-electron chi connectivity index (χ0n) is 12.6. The van der Waals surface area contributed by atoms with E-state index in [0.29, 0.717) is 0 Å². The van der Waals surface area contributed by atoms with E-state index in [4.69, 9.17) is 10.8 Å². The summed E-state index contributed by atoms with van der Waals surface area (Å²) in [4.78, 5) is 34.4. The van der Waals surface area contributed by atoms with Crippen LogP contribution in [0.25, 0.3) is 0 Å². The van der Waals surface area contributed by atoms with Crippen molar-refractivity contribution in [3.05, 3.63) is 0 Å². The van der Waals surface area contributed by atoms with Gasteiger partial charge in [-0.05, 0) is 19.8 Å². The van der Waals surface area contributed by atoms with Gasteiger partial charge in [0.25, 0.3) is 0 Å². The highest BCUT2D eigenvalue weighted by Gasteiger charge is 2.35. The molecule has 7 nitrogen and oxygen atoms in total. The Hall–Kier alpha value is -1.63. The molecule has 1 aliphatic rings. The van der Waals surface area contributed by atoms with Crippen molar-refractivity contribution in [2.75, 3.05) is 0 Å². The molecule has 0 radical (unpaired) electrons. The van der Waals surface area contributed by atoms with Crippen molar-refractivity contribution in [2.45, 2.75) is 64.6 Å². The number of carbonyl (C=O) groups excluding carboxylic acids is 2. The summed E-state index contributed by atoms with van der Waals surface area (Å²) in [5.74, 6) is -1.80. The third-order valence-corrected chi connectivity index (χ3v) is 3.94. The lowest BCUT2D eigenvalue weighted by atomic mass is 9.75. The van der Waals surface area contributed by atoms with Crippen molar-refractivity contribution < 1.29 is 19.5 Å². The molecule has 21 heavy (non-hydrogen) atoms. The quantitative estimate of drug-likeness (QED) is 0.527. The fourth-order valence-electron chi connectivity index (χ4n) is 2.57. The van der Waals surface area contributed by atoms with Gasteiger partial charge in [-0.25, -0.2) is 0 Å². The van der Waals surface area contributed by atoms with Gasteiger partial charge >= 0.3 is 5.97 Å².